The maximum atomic E-state index is 13.4. The molecule has 40 heavy (non-hydrogen) atoms. The number of nitrogens with zero attached hydrogens (tertiary/aromatic N) is 1. The minimum Gasteiger partial charge on any atom is -0.493 e. The average molecular weight is 685 g/mol. The molecule has 0 bridgehead atoms. The molecule has 2 aromatic rings. The van der Waals surface area contributed by atoms with E-state index in [0.29, 0.717) is 37.6 Å². The van der Waals surface area contributed by atoms with E-state index in [4.69, 9.17) is 21.1 Å². The summed E-state index contributed by atoms with van der Waals surface area (Å²) in [5.41, 5.74) is 1.73. The van der Waals surface area contributed by atoms with Crippen LogP contribution in [0.3, 0.4) is 0 Å². The molecule has 3 rings (SSSR count). The first-order valence-corrected chi connectivity index (χ1v) is 14.3. The van der Waals surface area contributed by atoms with E-state index in [0.717, 1.165) is 5.56 Å². The van der Waals surface area contributed by atoms with Crippen molar-refractivity contribution in [2.24, 2.45) is 0 Å². The summed E-state index contributed by atoms with van der Waals surface area (Å²) < 4.78 is 12.4. The number of methoxy groups -OCH3 is 1. The first kappa shape index (κ1) is 31.9. The molecule has 2 amide bonds. The van der Waals surface area contributed by atoms with Crippen LogP contribution < -0.4 is 14.8 Å². The Morgan fingerprint density at radius 1 is 1.20 bits per heavy atom. The number of benzene rings is 2. The standard InChI is InChI=1S/C29H34ClIN2O7/c1-3-4-5-26(36)33(16-18-6-8-21(30)9-7-18)23-14-20(29(38)32-10-11-34)15-24(27(23)37)40-28-22(31)12-19(17-35)13-25(28)39-2/h4-9,12-13,15,23-24,27,34-35,37H,3,10-11,14,16-17H2,1-2H3,(H,32,38)/t23-,24+,27+/m1/s1. The molecule has 1 aliphatic rings. The third-order valence-electron chi connectivity index (χ3n) is 6.39. The number of carbonyl (C=O) groups is 2. The van der Waals surface area contributed by atoms with Crippen LogP contribution in [0.15, 0.2) is 60.2 Å². The van der Waals surface area contributed by atoms with E-state index in [2.05, 4.69) is 27.9 Å². The fourth-order valence-corrected chi connectivity index (χ4v) is 5.27. The number of rotatable bonds is 12. The number of hydrogen-bond donors (Lipinski definition) is 4. The van der Waals surface area contributed by atoms with Crippen molar-refractivity contribution in [2.75, 3.05) is 20.3 Å². The van der Waals surface area contributed by atoms with Gasteiger partial charge in [-0.15, -0.1) is 0 Å². The van der Waals surface area contributed by atoms with Crippen LogP contribution in [0.2, 0.25) is 5.02 Å². The molecule has 9 nitrogen and oxygen atoms in total. The van der Waals surface area contributed by atoms with Gasteiger partial charge in [-0.3, -0.25) is 9.59 Å². The molecule has 0 radical (unpaired) electrons. The monoisotopic (exact) mass is 684 g/mol. The van der Waals surface area contributed by atoms with Crippen molar-refractivity contribution in [1.29, 1.82) is 0 Å². The topological polar surface area (TPSA) is 129 Å². The van der Waals surface area contributed by atoms with Crippen molar-refractivity contribution in [1.82, 2.24) is 10.2 Å². The first-order chi connectivity index (χ1) is 19.2. The number of aliphatic hydroxyl groups excluding tert-OH is 3. The highest BCUT2D eigenvalue weighted by atomic mass is 127. The number of allylic oxidation sites excluding steroid dienone is 1. The summed E-state index contributed by atoms with van der Waals surface area (Å²) >= 11 is 8.11. The van der Waals surface area contributed by atoms with E-state index < -0.39 is 24.2 Å². The third-order valence-corrected chi connectivity index (χ3v) is 7.44. The second-order valence-corrected chi connectivity index (χ2v) is 10.8. The summed E-state index contributed by atoms with van der Waals surface area (Å²) in [6.07, 6.45) is 3.22. The summed E-state index contributed by atoms with van der Waals surface area (Å²) in [6, 6.07) is 9.59. The molecule has 0 heterocycles. The van der Waals surface area contributed by atoms with Crippen LogP contribution in [0.1, 0.15) is 30.9 Å². The number of aliphatic hydroxyl groups is 3. The molecule has 4 N–H and O–H groups in total. The third kappa shape index (κ3) is 8.20. The molecule has 0 aromatic heterocycles. The van der Waals surface area contributed by atoms with E-state index in [1.807, 2.05) is 6.92 Å². The number of halogens is 2. The van der Waals surface area contributed by atoms with E-state index in [9.17, 15) is 24.9 Å². The largest absolute Gasteiger partial charge is 0.493 e. The summed E-state index contributed by atoms with van der Waals surface area (Å²) in [4.78, 5) is 28.0. The van der Waals surface area contributed by atoms with Crippen LogP contribution in [0.4, 0.5) is 0 Å². The molecule has 0 unspecified atom stereocenters. The van der Waals surface area contributed by atoms with Crippen LogP contribution in [-0.4, -0.2) is 70.5 Å². The van der Waals surface area contributed by atoms with Gasteiger partial charge in [-0.25, -0.2) is 0 Å². The Labute approximate surface area is 252 Å². The SMILES string of the molecule is CCC=CC(=O)N(Cc1ccc(Cl)cc1)[C@@H]1CC(C(=O)NCCO)=C[C@H](Oc2c(I)cc(CO)cc2OC)[C@H]1O. The molecule has 2 aromatic carbocycles. The summed E-state index contributed by atoms with van der Waals surface area (Å²) in [5, 5.41) is 33.6. The van der Waals surface area contributed by atoms with Crippen molar-refractivity contribution < 1.29 is 34.4 Å². The normalized spacial score (nSPS) is 18.8. The van der Waals surface area contributed by atoms with E-state index in [-0.39, 0.29) is 38.6 Å². The molecular weight excluding hydrogens is 651 g/mol. The zero-order valence-corrected chi connectivity index (χ0v) is 25.3. The molecule has 0 fully saturated rings. The lowest BCUT2D eigenvalue weighted by Gasteiger charge is -2.40. The van der Waals surface area contributed by atoms with E-state index in [1.54, 1.807) is 42.5 Å². The maximum Gasteiger partial charge on any atom is 0.247 e. The quantitative estimate of drug-likeness (QED) is 0.200. The van der Waals surface area contributed by atoms with Gasteiger partial charge in [-0.1, -0.05) is 36.7 Å². The highest BCUT2D eigenvalue weighted by Crippen LogP contribution is 2.37. The number of nitrogens with one attached hydrogen (secondary N) is 1. The Bertz CT molecular complexity index is 1240. The van der Waals surface area contributed by atoms with Gasteiger partial charge in [0.25, 0.3) is 0 Å². The molecular formula is C29H34ClIN2O7. The molecule has 11 heteroatoms. The Morgan fingerprint density at radius 3 is 2.55 bits per heavy atom. The van der Waals surface area contributed by atoms with E-state index >= 15 is 0 Å². The zero-order valence-electron chi connectivity index (χ0n) is 22.3. The Kier molecular flexibility index (Phi) is 12.3. The average Bonchev–Trinajstić information content (AvgIpc) is 2.96. The van der Waals surface area contributed by atoms with E-state index in [1.165, 1.54) is 24.2 Å². The lowest BCUT2D eigenvalue weighted by molar-refractivity contribution is -0.134. The second-order valence-electron chi connectivity index (χ2n) is 9.19. The van der Waals surface area contributed by atoms with Crippen molar-refractivity contribution in [3.8, 4) is 11.5 Å². The van der Waals surface area contributed by atoms with Gasteiger partial charge < -0.3 is 35.0 Å². The van der Waals surface area contributed by atoms with Crippen molar-refractivity contribution in [3.05, 3.63) is 79.9 Å². The predicted molar refractivity (Wildman–Crippen MR) is 160 cm³/mol. The number of carbonyl (C=O) groups excluding carboxylic acids is 2. The minimum absolute atomic E-state index is 0.0515. The molecule has 0 saturated carbocycles. The molecule has 0 aliphatic heterocycles. The zero-order chi connectivity index (χ0) is 29.2. The fourth-order valence-electron chi connectivity index (χ4n) is 4.35. The van der Waals surface area contributed by atoms with Gasteiger partial charge in [0, 0.05) is 30.1 Å². The van der Waals surface area contributed by atoms with Crippen molar-refractivity contribution in [3.63, 3.8) is 0 Å². The molecule has 0 spiro atoms. The van der Waals surface area contributed by atoms with Gasteiger partial charge in [-0.2, -0.15) is 0 Å². The summed E-state index contributed by atoms with van der Waals surface area (Å²) in [6.45, 7) is 1.70. The van der Waals surface area contributed by atoms with Crippen LogP contribution in [0, 0.1) is 3.57 Å². The van der Waals surface area contributed by atoms with Crippen LogP contribution in [0.5, 0.6) is 11.5 Å². The van der Waals surface area contributed by atoms with Crippen molar-refractivity contribution >= 4 is 46.0 Å². The van der Waals surface area contributed by atoms with Gasteiger partial charge in [0.05, 0.1) is 29.9 Å². The lowest BCUT2D eigenvalue weighted by Crippen LogP contribution is -2.54. The molecule has 0 saturated heterocycles. The van der Waals surface area contributed by atoms with Gasteiger partial charge in [0.15, 0.2) is 11.5 Å². The Hall–Kier alpha value is -2.64. The minimum atomic E-state index is -1.21. The smallest absolute Gasteiger partial charge is 0.247 e. The highest BCUT2D eigenvalue weighted by molar-refractivity contribution is 14.1. The highest BCUT2D eigenvalue weighted by Gasteiger charge is 2.40. The Morgan fingerprint density at radius 2 is 1.93 bits per heavy atom. The molecule has 216 valence electrons. The lowest BCUT2D eigenvalue weighted by atomic mass is 9.87. The fraction of sp³-hybridized carbons (Fsp3) is 0.379. The van der Waals surface area contributed by atoms with Gasteiger partial charge >= 0.3 is 0 Å². The summed E-state index contributed by atoms with van der Waals surface area (Å²) in [5.74, 6) is -0.0707. The van der Waals surface area contributed by atoms with Crippen LogP contribution in [0.25, 0.3) is 0 Å². The second kappa shape index (κ2) is 15.4. The first-order valence-electron chi connectivity index (χ1n) is 12.9. The van der Waals surface area contributed by atoms with Gasteiger partial charge in [0.2, 0.25) is 11.8 Å². The van der Waals surface area contributed by atoms with Crippen LogP contribution in [-0.2, 0) is 22.7 Å². The number of hydrogen-bond acceptors (Lipinski definition) is 7. The molecule has 1 aliphatic carbocycles. The van der Waals surface area contributed by atoms with Crippen molar-refractivity contribution in [2.45, 2.75) is 51.2 Å². The van der Waals surface area contributed by atoms with Gasteiger partial charge in [-0.05, 0) is 76.6 Å². The van der Waals surface area contributed by atoms with Crippen LogP contribution >= 0.6 is 34.2 Å². The molecule has 3 atom stereocenters. The summed E-state index contributed by atoms with van der Waals surface area (Å²) in [7, 11) is 1.47. The number of ether oxygens (including phenoxy) is 2. The maximum absolute atomic E-state index is 13.4. The predicted octanol–water partition coefficient (Wildman–Crippen LogP) is 3.36. The number of amides is 2. The van der Waals surface area contributed by atoms with Gasteiger partial charge in [0.1, 0.15) is 12.2 Å². The Balaban J connectivity index is 2.04.